The summed E-state index contributed by atoms with van der Waals surface area (Å²) in [5.74, 6) is -1.19. The van der Waals surface area contributed by atoms with Crippen molar-refractivity contribution < 1.29 is 13.3 Å². The van der Waals surface area contributed by atoms with E-state index in [0.717, 1.165) is 11.1 Å². The number of benzene rings is 3. The molecule has 1 atom stereocenters. The maximum Gasteiger partial charge on any atom is 0.439 e. The summed E-state index contributed by atoms with van der Waals surface area (Å²) in [6, 6.07) is 15.7. The molecule has 0 aliphatic rings. The Bertz CT molecular complexity index is 1720. The number of nitrogens with one attached hydrogen (secondary N) is 2. The van der Waals surface area contributed by atoms with Crippen LogP contribution in [0.4, 0.5) is 10.1 Å². The standard InChI is InChI=1S/C27H21ClFN3O4/c1-13-11-17(25-18(12-13)23(33)14(2)24(35-25)16-7-5-4-6-8-16)15(3)30-20-10-9-19(28)22(29)21(20)26-31-27(34)36-32-26/h4-12,15,30H,1-3H3,(H,31,32,34). The van der Waals surface area contributed by atoms with Gasteiger partial charge in [-0.25, -0.2) is 9.18 Å². The van der Waals surface area contributed by atoms with Crippen LogP contribution in [0, 0.1) is 19.7 Å². The third-order valence-electron chi connectivity index (χ3n) is 6.04. The highest BCUT2D eigenvalue weighted by molar-refractivity contribution is 6.31. The molecule has 182 valence electrons. The molecule has 2 heterocycles. The van der Waals surface area contributed by atoms with Gasteiger partial charge < -0.3 is 9.73 Å². The number of hydrogen-bond acceptors (Lipinski definition) is 6. The van der Waals surface area contributed by atoms with Crippen molar-refractivity contribution in [2.45, 2.75) is 26.8 Å². The van der Waals surface area contributed by atoms with Gasteiger partial charge in [0.2, 0.25) is 0 Å². The van der Waals surface area contributed by atoms with Crippen LogP contribution < -0.4 is 16.5 Å². The first-order valence-electron chi connectivity index (χ1n) is 11.2. The fraction of sp³-hybridized carbons (Fsp3) is 0.148. The van der Waals surface area contributed by atoms with E-state index < -0.39 is 17.6 Å². The van der Waals surface area contributed by atoms with Crippen molar-refractivity contribution in [2.75, 3.05) is 5.32 Å². The molecule has 0 radical (unpaired) electrons. The molecule has 0 fully saturated rings. The van der Waals surface area contributed by atoms with Crippen LogP contribution >= 0.6 is 11.6 Å². The van der Waals surface area contributed by atoms with Crippen molar-refractivity contribution in [3.63, 3.8) is 0 Å². The third kappa shape index (κ3) is 4.09. The number of halogens is 2. The quantitative estimate of drug-likeness (QED) is 0.287. The number of hydrogen-bond donors (Lipinski definition) is 2. The van der Waals surface area contributed by atoms with Crippen molar-refractivity contribution in [1.29, 1.82) is 0 Å². The second kappa shape index (κ2) is 9.13. The van der Waals surface area contributed by atoms with Crippen LogP contribution in [0.15, 0.2) is 73.1 Å². The number of aryl methyl sites for hydroxylation is 1. The zero-order chi connectivity index (χ0) is 25.6. The number of anilines is 1. The highest BCUT2D eigenvalue weighted by Crippen LogP contribution is 2.36. The minimum absolute atomic E-state index is 0.0422. The molecule has 2 N–H and O–H groups in total. The molecule has 2 aromatic heterocycles. The minimum atomic E-state index is -0.821. The third-order valence-corrected chi connectivity index (χ3v) is 6.33. The number of H-pyrrole nitrogens is 1. The molecule has 7 nitrogen and oxygen atoms in total. The monoisotopic (exact) mass is 505 g/mol. The van der Waals surface area contributed by atoms with Gasteiger partial charge in [-0.05, 0) is 44.5 Å². The fourth-order valence-corrected chi connectivity index (χ4v) is 4.46. The molecule has 0 spiro atoms. The van der Waals surface area contributed by atoms with Crippen LogP contribution in [0.1, 0.15) is 29.7 Å². The van der Waals surface area contributed by atoms with Gasteiger partial charge in [0.1, 0.15) is 11.3 Å². The van der Waals surface area contributed by atoms with Gasteiger partial charge in [-0.15, -0.1) is 0 Å². The molecule has 0 amide bonds. The molecule has 0 aliphatic heterocycles. The summed E-state index contributed by atoms with van der Waals surface area (Å²) in [7, 11) is 0. The summed E-state index contributed by atoms with van der Waals surface area (Å²) in [5, 5.41) is 7.19. The molecule has 5 rings (SSSR count). The Kier molecular flexibility index (Phi) is 5.97. The second-order valence-electron chi connectivity index (χ2n) is 8.58. The van der Waals surface area contributed by atoms with E-state index in [1.807, 2.05) is 50.2 Å². The van der Waals surface area contributed by atoms with E-state index in [1.165, 1.54) is 6.07 Å². The Morgan fingerprint density at radius 2 is 1.83 bits per heavy atom. The number of fused-ring (bicyclic) bond motifs is 1. The second-order valence-corrected chi connectivity index (χ2v) is 8.98. The molecular weight excluding hydrogens is 485 g/mol. The van der Waals surface area contributed by atoms with Crippen molar-refractivity contribution in [2.24, 2.45) is 0 Å². The number of aromatic nitrogens is 2. The minimum Gasteiger partial charge on any atom is -0.455 e. The maximum absolute atomic E-state index is 15.0. The van der Waals surface area contributed by atoms with Gasteiger partial charge in [-0.1, -0.05) is 53.2 Å². The van der Waals surface area contributed by atoms with Crippen LogP contribution in [-0.4, -0.2) is 10.1 Å². The van der Waals surface area contributed by atoms with E-state index in [0.29, 0.717) is 33.5 Å². The Balaban J connectivity index is 1.67. The zero-order valence-electron chi connectivity index (χ0n) is 19.6. The molecule has 3 aromatic carbocycles. The molecule has 0 saturated carbocycles. The van der Waals surface area contributed by atoms with E-state index in [1.54, 1.807) is 19.1 Å². The van der Waals surface area contributed by atoms with E-state index in [-0.39, 0.29) is 21.8 Å². The Hall–Kier alpha value is -4.17. The highest BCUT2D eigenvalue weighted by Gasteiger charge is 2.23. The predicted octanol–water partition coefficient (Wildman–Crippen LogP) is 6.39. The molecule has 0 aliphatic carbocycles. The number of nitrogens with zero attached hydrogens (tertiary/aromatic N) is 1. The summed E-state index contributed by atoms with van der Waals surface area (Å²) in [6.07, 6.45) is 0. The van der Waals surface area contributed by atoms with Crippen LogP contribution in [0.5, 0.6) is 0 Å². The molecule has 9 heteroatoms. The first-order valence-corrected chi connectivity index (χ1v) is 11.6. The van der Waals surface area contributed by atoms with Gasteiger partial charge in [0.25, 0.3) is 0 Å². The molecule has 1 unspecified atom stereocenters. The molecule has 0 bridgehead atoms. The molecular formula is C27H21ClFN3O4. The Morgan fingerprint density at radius 1 is 1.08 bits per heavy atom. The van der Waals surface area contributed by atoms with Crippen molar-refractivity contribution >= 4 is 28.3 Å². The molecule has 36 heavy (non-hydrogen) atoms. The number of aromatic amines is 1. The maximum atomic E-state index is 15.0. The van der Waals surface area contributed by atoms with Gasteiger partial charge in [0, 0.05) is 22.4 Å². The van der Waals surface area contributed by atoms with E-state index in [9.17, 15) is 9.59 Å². The van der Waals surface area contributed by atoms with Gasteiger partial charge in [-0.3, -0.25) is 14.3 Å². The van der Waals surface area contributed by atoms with Crippen molar-refractivity contribution in [1.82, 2.24) is 10.1 Å². The fourth-order valence-electron chi connectivity index (χ4n) is 4.31. The van der Waals surface area contributed by atoms with Gasteiger partial charge in [-0.2, -0.15) is 0 Å². The van der Waals surface area contributed by atoms with Crippen molar-refractivity contribution in [3.05, 3.63) is 103 Å². The summed E-state index contributed by atoms with van der Waals surface area (Å²) < 4.78 is 25.9. The number of rotatable bonds is 5. The Labute approximate surface area is 209 Å². The van der Waals surface area contributed by atoms with Gasteiger partial charge in [0.15, 0.2) is 17.1 Å². The first kappa shape index (κ1) is 23.6. The van der Waals surface area contributed by atoms with Crippen LogP contribution in [0.25, 0.3) is 33.7 Å². The lowest BCUT2D eigenvalue weighted by Gasteiger charge is -2.20. The average molecular weight is 506 g/mol. The summed E-state index contributed by atoms with van der Waals surface area (Å²) in [4.78, 5) is 27.2. The van der Waals surface area contributed by atoms with E-state index in [4.69, 9.17) is 16.0 Å². The molecule has 5 aromatic rings. The lowest BCUT2D eigenvalue weighted by atomic mass is 9.98. The highest BCUT2D eigenvalue weighted by atomic mass is 35.5. The summed E-state index contributed by atoms with van der Waals surface area (Å²) in [5.41, 5.74) is 3.47. The summed E-state index contributed by atoms with van der Waals surface area (Å²) >= 11 is 6.00. The lowest BCUT2D eigenvalue weighted by molar-refractivity contribution is 0.387. The SMILES string of the molecule is Cc1cc(C(C)Nc2ccc(Cl)c(F)c2-c2noc(=O)[nH]2)c2oc(-c3ccccc3)c(C)c(=O)c2c1. The van der Waals surface area contributed by atoms with E-state index >= 15 is 4.39 Å². The van der Waals surface area contributed by atoms with Gasteiger partial charge >= 0.3 is 5.76 Å². The first-order chi connectivity index (χ1) is 17.2. The van der Waals surface area contributed by atoms with Crippen LogP contribution in [-0.2, 0) is 0 Å². The van der Waals surface area contributed by atoms with Crippen LogP contribution in [0.3, 0.4) is 0 Å². The largest absolute Gasteiger partial charge is 0.455 e. The van der Waals surface area contributed by atoms with Gasteiger partial charge in [0.05, 0.1) is 22.0 Å². The smallest absolute Gasteiger partial charge is 0.439 e. The van der Waals surface area contributed by atoms with E-state index in [2.05, 4.69) is 20.0 Å². The lowest BCUT2D eigenvalue weighted by Crippen LogP contribution is -2.13. The zero-order valence-corrected chi connectivity index (χ0v) is 20.4. The Morgan fingerprint density at radius 3 is 2.53 bits per heavy atom. The van der Waals surface area contributed by atoms with Crippen LogP contribution in [0.2, 0.25) is 5.02 Å². The predicted molar refractivity (Wildman–Crippen MR) is 137 cm³/mol. The molecule has 0 saturated heterocycles. The normalized spacial score (nSPS) is 12.1. The average Bonchev–Trinajstić information content (AvgIpc) is 3.29. The van der Waals surface area contributed by atoms with Crippen molar-refractivity contribution in [3.8, 4) is 22.7 Å². The summed E-state index contributed by atoms with van der Waals surface area (Å²) in [6.45, 7) is 5.50. The topological polar surface area (TPSA) is 101 Å².